The quantitative estimate of drug-likeness (QED) is 0.653. The first-order valence-electron chi connectivity index (χ1n) is 6.02. The summed E-state index contributed by atoms with van der Waals surface area (Å²) >= 11 is 0. The number of Topliss-reactive ketones (excluding diaryl/α,β-unsaturated/α-hetero) is 4. The van der Waals surface area contributed by atoms with Crippen LogP contribution in [0.2, 0.25) is 0 Å². The summed E-state index contributed by atoms with van der Waals surface area (Å²) in [6, 6.07) is 0. The maximum atomic E-state index is 11.8. The van der Waals surface area contributed by atoms with E-state index in [2.05, 4.69) is 0 Å². The molecule has 0 aromatic heterocycles. The Balaban J connectivity index is 4.63. The predicted molar refractivity (Wildman–Crippen MR) is 68.2 cm³/mol. The lowest BCUT2D eigenvalue weighted by atomic mass is 9.78. The van der Waals surface area contributed by atoms with Crippen LogP contribution in [0.4, 0.5) is 0 Å². The molecular formula is C14H22O4. The molecule has 0 aliphatic heterocycles. The van der Waals surface area contributed by atoms with Gasteiger partial charge in [-0.05, 0) is 41.5 Å². The van der Waals surface area contributed by atoms with E-state index in [9.17, 15) is 19.2 Å². The van der Waals surface area contributed by atoms with Crippen LogP contribution >= 0.6 is 0 Å². The Hall–Kier alpha value is -1.32. The van der Waals surface area contributed by atoms with Crippen molar-refractivity contribution >= 4 is 23.1 Å². The van der Waals surface area contributed by atoms with Crippen LogP contribution in [0.5, 0.6) is 0 Å². The molecule has 4 nitrogen and oxygen atoms in total. The fraction of sp³-hybridized carbons (Fsp3) is 0.714. The smallest absolute Gasteiger partial charge is 0.146 e. The minimum Gasteiger partial charge on any atom is -0.299 e. The Morgan fingerprint density at radius 2 is 0.889 bits per heavy atom. The van der Waals surface area contributed by atoms with Gasteiger partial charge < -0.3 is 0 Å². The van der Waals surface area contributed by atoms with Crippen molar-refractivity contribution in [3.05, 3.63) is 0 Å². The summed E-state index contributed by atoms with van der Waals surface area (Å²) in [6.45, 7) is 8.94. The van der Waals surface area contributed by atoms with E-state index in [4.69, 9.17) is 0 Å². The highest BCUT2D eigenvalue weighted by atomic mass is 16.2. The van der Waals surface area contributed by atoms with Gasteiger partial charge in [-0.2, -0.15) is 0 Å². The van der Waals surface area contributed by atoms with E-state index < -0.39 is 10.8 Å². The summed E-state index contributed by atoms with van der Waals surface area (Å²) in [7, 11) is 0. The summed E-state index contributed by atoms with van der Waals surface area (Å²) in [6.07, 6.45) is 0.00421. The maximum absolute atomic E-state index is 11.8. The molecule has 0 spiro atoms. The Kier molecular flexibility index (Phi) is 5.14. The molecule has 0 fully saturated rings. The van der Waals surface area contributed by atoms with E-state index in [1.807, 2.05) is 0 Å². The van der Waals surface area contributed by atoms with Gasteiger partial charge in [-0.15, -0.1) is 0 Å². The van der Waals surface area contributed by atoms with Crippen LogP contribution in [0.15, 0.2) is 0 Å². The van der Waals surface area contributed by atoms with Crippen LogP contribution in [0.1, 0.15) is 54.4 Å². The largest absolute Gasteiger partial charge is 0.299 e. The SMILES string of the molecule is CC(=O)C(C)(C)C(=O)CCC(=O)C(C)(C)C(C)=O. The Morgan fingerprint density at radius 3 is 1.06 bits per heavy atom. The molecule has 0 unspecified atom stereocenters. The number of hydrogen-bond donors (Lipinski definition) is 0. The third-order valence-electron chi connectivity index (χ3n) is 3.73. The lowest BCUT2D eigenvalue weighted by molar-refractivity contribution is -0.142. The molecule has 0 atom stereocenters. The fourth-order valence-electron chi connectivity index (χ4n) is 1.24. The summed E-state index contributed by atoms with van der Waals surface area (Å²) in [5.41, 5.74) is -2.11. The van der Waals surface area contributed by atoms with Crippen LogP contribution in [-0.2, 0) is 19.2 Å². The summed E-state index contributed by atoms with van der Waals surface area (Å²) < 4.78 is 0. The molecule has 0 aromatic carbocycles. The van der Waals surface area contributed by atoms with E-state index in [1.54, 1.807) is 27.7 Å². The van der Waals surface area contributed by atoms with E-state index >= 15 is 0 Å². The molecule has 0 saturated carbocycles. The first-order chi connectivity index (χ1) is 7.94. The summed E-state index contributed by atoms with van der Waals surface area (Å²) in [5, 5.41) is 0. The average Bonchev–Trinajstić information content (AvgIpc) is 2.24. The highest BCUT2D eigenvalue weighted by Crippen LogP contribution is 2.24. The second-order valence-corrected chi connectivity index (χ2v) is 5.71. The third-order valence-corrected chi connectivity index (χ3v) is 3.73. The van der Waals surface area contributed by atoms with Crippen molar-refractivity contribution in [1.29, 1.82) is 0 Å². The molecule has 0 aliphatic carbocycles. The van der Waals surface area contributed by atoms with Crippen LogP contribution in [0.3, 0.4) is 0 Å². The Morgan fingerprint density at radius 1 is 0.667 bits per heavy atom. The van der Waals surface area contributed by atoms with E-state index in [0.29, 0.717) is 0 Å². The Labute approximate surface area is 108 Å². The first kappa shape index (κ1) is 16.7. The summed E-state index contributed by atoms with van der Waals surface area (Å²) in [5.74, 6) is -0.957. The lowest BCUT2D eigenvalue weighted by Crippen LogP contribution is -2.35. The van der Waals surface area contributed by atoms with Gasteiger partial charge in [0, 0.05) is 12.8 Å². The van der Waals surface area contributed by atoms with Crippen molar-refractivity contribution in [3.8, 4) is 0 Å². The second kappa shape index (κ2) is 5.55. The molecule has 0 aromatic rings. The van der Waals surface area contributed by atoms with Gasteiger partial charge in [0.25, 0.3) is 0 Å². The van der Waals surface area contributed by atoms with E-state index in [1.165, 1.54) is 13.8 Å². The molecule has 102 valence electrons. The molecule has 18 heavy (non-hydrogen) atoms. The van der Waals surface area contributed by atoms with Crippen LogP contribution < -0.4 is 0 Å². The van der Waals surface area contributed by atoms with Crippen molar-refractivity contribution in [1.82, 2.24) is 0 Å². The molecule has 0 radical (unpaired) electrons. The van der Waals surface area contributed by atoms with Crippen LogP contribution in [0, 0.1) is 10.8 Å². The molecular weight excluding hydrogens is 232 g/mol. The van der Waals surface area contributed by atoms with Gasteiger partial charge in [0.2, 0.25) is 0 Å². The first-order valence-corrected chi connectivity index (χ1v) is 6.02. The van der Waals surface area contributed by atoms with E-state index in [-0.39, 0.29) is 36.0 Å². The van der Waals surface area contributed by atoms with E-state index in [0.717, 1.165) is 0 Å². The molecule has 0 aliphatic rings. The minimum absolute atomic E-state index is 0.00211. The highest BCUT2D eigenvalue weighted by Gasteiger charge is 2.35. The second-order valence-electron chi connectivity index (χ2n) is 5.71. The summed E-state index contributed by atoms with van der Waals surface area (Å²) in [4.78, 5) is 46.3. The lowest BCUT2D eigenvalue weighted by Gasteiger charge is -2.22. The molecule has 4 heteroatoms. The minimum atomic E-state index is -1.05. The number of ketones is 4. The zero-order valence-electron chi connectivity index (χ0n) is 12.0. The standard InChI is InChI=1S/C14H22O4/c1-9(15)13(3,4)11(17)7-8-12(18)14(5,6)10(2)16/h7-8H2,1-6H3. The third kappa shape index (κ3) is 3.59. The van der Waals surface area contributed by atoms with Crippen LogP contribution in [0.25, 0.3) is 0 Å². The maximum Gasteiger partial charge on any atom is 0.146 e. The molecule has 0 rings (SSSR count). The topological polar surface area (TPSA) is 68.3 Å². The number of carbonyl (C=O) groups is 4. The fourth-order valence-corrected chi connectivity index (χ4v) is 1.24. The van der Waals surface area contributed by atoms with Crippen molar-refractivity contribution in [2.75, 3.05) is 0 Å². The van der Waals surface area contributed by atoms with Crippen molar-refractivity contribution in [3.63, 3.8) is 0 Å². The molecule has 0 N–H and O–H groups in total. The average molecular weight is 254 g/mol. The zero-order valence-corrected chi connectivity index (χ0v) is 12.0. The molecule has 0 bridgehead atoms. The molecule has 0 heterocycles. The van der Waals surface area contributed by atoms with Crippen molar-refractivity contribution in [2.45, 2.75) is 54.4 Å². The van der Waals surface area contributed by atoms with Crippen LogP contribution in [-0.4, -0.2) is 23.1 Å². The van der Waals surface area contributed by atoms with Gasteiger partial charge >= 0.3 is 0 Å². The number of hydrogen-bond acceptors (Lipinski definition) is 4. The molecule has 0 saturated heterocycles. The van der Waals surface area contributed by atoms with Gasteiger partial charge in [0.05, 0.1) is 10.8 Å². The normalized spacial score (nSPS) is 12.1. The number of rotatable bonds is 7. The highest BCUT2D eigenvalue weighted by molar-refractivity contribution is 6.08. The monoisotopic (exact) mass is 254 g/mol. The zero-order chi connectivity index (χ0) is 14.7. The van der Waals surface area contributed by atoms with Gasteiger partial charge in [0.15, 0.2) is 0 Å². The Bertz CT molecular complexity index is 351. The van der Waals surface area contributed by atoms with Gasteiger partial charge in [-0.3, -0.25) is 19.2 Å². The number of carbonyl (C=O) groups excluding carboxylic acids is 4. The van der Waals surface area contributed by atoms with Gasteiger partial charge in [-0.25, -0.2) is 0 Å². The van der Waals surface area contributed by atoms with Crippen molar-refractivity contribution < 1.29 is 19.2 Å². The molecule has 0 amide bonds. The van der Waals surface area contributed by atoms with Gasteiger partial charge in [0.1, 0.15) is 23.1 Å². The van der Waals surface area contributed by atoms with Crippen molar-refractivity contribution in [2.24, 2.45) is 10.8 Å². The predicted octanol–water partition coefficient (Wildman–Crippen LogP) is 2.14. The van der Waals surface area contributed by atoms with Gasteiger partial charge in [-0.1, -0.05) is 0 Å².